The molecule has 0 amide bonds. The topological polar surface area (TPSA) is 43.8 Å². The summed E-state index contributed by atoms with van der Waals surface area (Å²) < 4.78 is 2.00. The molecule has 0 bridgehead atoms. The van der Waals surface area contributed by atoms with Crippen LogP contribution in [0.3, 0.4) is 0 Å². The Morgan fingerprint density at radius 2 is 2.24 bits per heavy atom. The zero-order valence-corrected chi connectivity index (χ0v) is 10.9. The van der Waals surface area contributed by atoms with E-state index in [2.05, 4.69) is 18.2 Å². The molecule has 1 heterocycles. The molecule has 96 valence electrons. The molecular formula is C14H25N3. The number of rotatable bonds is 6. The van der Waals surface area contributed by atoms with Gasteiger partial charge in [-0.1, -0.05) is 32.6 Å². The molecule has 2 N–H and O–H groups in total. The molecule has 0 spiro atoms. The zero-order chi connectivity index (χ0) is 12.1. The average molecular weight is 235 g/mol. The molecule has 1 aliphatic rings. The lowest BCUT2D eigenvalue weighted by Crippen LogP contribution is -2.11. The van der Waals surface area contributed by atoms with Gasteiger partial charge in [0.2, 0.25) is 0 Å². The summed E-state index contributed by atoms with van der Waals surface area (Å²) in [5, 5.41) is 4.34. The Kier molecular flexibility index (Phi) is 4.60. The molecule has 1 aromatic rings. The van der Waals surface area contributed by atoms with Gasteiger partial charge >= 0.3 is 0 Å². The van der Waals surface area contributed by atoms with Crippen molar-refractivity contribution in [1.82, 2.24) is 9.78 Å². The summed E-state index contributed by atoms with van der Waals surface area (Å²) in [5.74, 6) is 0.937. The molecule has 3 heteroatoms. The summed E-state index contributed by atoms with van der Waals surface area (Å²) in [7, 11) is 0. The third-order valence-corrected chi connectivity index (χ3v) is 3.89. The second kappa shape index (κ2) is 6.20. The minimum atomic E-state index is 0.182. The molecule has 0 radical (unpaired) electrons. The van der Waals surface area contributed by atoms with Crippen LogP contribution in [-0.4, -0.2) is 9.78 Å². The van der Waals surface area contributed by atoms with E-state index in [9.17, 15) is 0 Å². The van der Waals surface area contributed by atoms with Crippen LogP contribution in [0.2, 0.25) is 0 Å². The highest BCUT2D eigenvalue weighted by Crippen LogP contribution is 2.30. The fourth-order valence-electron chi connectivity index (χ4n) is 2.80. The first kappa shape index (κ1) is 12.6. The molecule has 3 nitrogen and oxygen atoms in total. The van der Waals surface area contributed by atoms with Crippen LogP contribution in [0.4, 0.5) is 0 Å². The van der Waals surface area contributed by atoms with Gasteiger partial charge in [0.25, 0.3) is 0 Å². The second-order valence-electron chi connectivity index (χ2n) is 5.37. The first-order chi connectivity index (χ1) is 8.29. The summed E-state index contributed by atoms with van der Waals surface area (Å²) in [6, 6.07) is 0.182. The van der Waals surface area contributed by atoms with E-state index in [1.807, 2.05) is 10.9 Å². The minimum Gasteiger partial charge on any atom is -0.324 e. The fourth-order valence-corrected chi connectivity index (χ4v) is 2.80. The Bertz CT molecular complexity index is 326. The minimum absolute atomic E-state index is 0.182. The number of nitrogens with zero attached hydrogens (tertiary/aromatic N) is 2. The molecule has 0 saturated heterocycles. The third-order valence-electron chi connectivity index (χ3n) is 3.89. The van der Waals surface area contributed by atoms with Crippen LogP contribution in [-0.2, 0) is 6.54 Å². The van der Waals surface area contributed by atoms with Crippen LogP contribution in [0, 0.1) is 5.92 Å². The van der Waals surface area contributed by atoms with E-state index >= 15 is 0 Å². The smallest absolute Gasteiger partial charge is 0.0537 e. The Morgan fingerprint density at radius 3 is 2.94 bits per heavy atom. The average Bonchev–Trinajstić information content (AvgIpc) is 2.97. The Labute approximate surface area is 104 Å². The molecule has 1 saturated carbocycles. The molecule has 1 aliphatic carbocycles. The van der Waals surface area contributed by atoms with Gasteiger partial charge in [0.05, 0.1) is 6.20 Å². The van der Waals surface area contributed by atoms with E-state index in [4.69, 9.17) is 5.73 Å². The number of aromatic nitrogens is 2. The van der Waals surface area contributed by atoms with Gasteiger partial charge in [-0.2, -0.15) is 5.10 Å². The fraction of sp³-hybridized carbons (Fsp3) is 0.786. The van der Waals surface area contributed by atoms with Crippen LogP contribution >= 0.6 is 0 Å². The van der Waals surface area contributed by atoms with Gasteiger partial charge in [-0.3, -0.25) is 4.68 Å². The molecule has 0 aliphatic heterocycles. The predicted octanol–water partition coefficient (Wildman–Crippen LogP) is 3.26. The van der Waals surface area contributed by atoms with Crippen molar-refractivity contribution in [3.8, 4) is 0 Å². The standard InChI is InChI=1S/C14H25N3/c1-2-9-17-11-13(10-16-17)14(15)8-7-12-5-3-4-6-12/h10-12,14H,2-9,15H2,1H3. The number of nitrogens with two attached hydrogens (primary N) is 1. The van der Waals surface area contributed by atoms with Crippen molar-refractivity contribution >= 4 is 0 Å². The summed E-state index contributed by atoms with van der Waals surface area (Å²) in [4.78, 5) is 0. The van der Waals surface area contributed by atoms with Gasteiger partial charge in [0, 0.05) is 24.3 Å². The normalized spacial score (nSPS) is 18.7. The molecule has 2 rings (SSSR count). The summed E-state index contributed by atoms with van der Waals surface area (Å²) >= 11 is 0. The van der Waals surface area contributed by atoms with Crippen molar-refractivity contribution in [2.75, 3.05) is 0 Å². The Balaban J connectivity index is 1.79. The molecule has 1 unspecified atom stereocenters. The molecule has 0 aromatic carbocycles. The highest BCUT2D eigenvalue weighted by molar-refractivity contribution is 5.09. The molecule has 1 fully saturated rings. The van der Waals surface area contributed by atoms with E-state index in [0.717, 1.165) is 25.3 Å². The maximum atomic E-state index is 6.23. The lowest BCUT2D eigenvalue weighted by molar-refractivity contribution is 0.454. The number of aryl methyl sites for hydroxylation is 1. The Hall–Kier alpha value is -0.830. The highest BCUT2D eigenvalue weighted by Gasteiger charge is 2.17. The van der Waals surface area contributed by atoms with Crippen molar-refractivity contribution in [3.63, 3.8) is 0 Å². The highest BCUT2D eigenvalue weighted by atomic mass is 15.3. The predicted molar refractivity (Wildman–Crippen MR) is 70.6 cm³/mol. The molecule has 1 atom stereocenters. The van der Waals surface area contributed by atoms with Crippen molar-refractivity contribution < 1.29 is 0 Å². The van der Waals surface area contributed by atoms with E-state index in [1.54, 1.807) is 0 Å². The monoisotopic (exact) mass is 235 g/mol. The quantitative estimate of drug-likeness (QED) is 0.822. The lowest BCUT2D eigenvalue weighted by Gasteiger charge is -2.13. The van der Waals surface area contributed by atoms with E-state index in [-0.39, 0.29) is 6.04 Å². The zero-order valence-electron chi connectivity index (χ0n) is 10.9. The van der Waals surface area contributed by atoms with E-state index < -0.39 is 0 Å². The van der Waals surface area contributed by atoms with Gasteiger partial charge in [-0.25, -0.2) is 0 Å². The van der Waals surface area contributed by atoms with Crippen LogP contribution < -0.4 is 5.73 Å². The second-order valence-corrected chi connectivity index (χ2v) is 5.37. The summed E-state index contributed by atoms with van der Waals surface area (Å²) in [6.45, 7) is 3.16. The van der Waals surface area contributed by atoms with Gasteiger partial charge in [-0.05, 0) is 25.2 Å². The van der Waals surface area contributed by atoms with Gasteiger partial charge < -0.3 is 5.73 Å². The van der Waals surface area contributed by atoms with Gasteiger partial charge in [0.1, 0.15) is 0 Å². The van der Waals surface area contributed by atoms with Crippen molar-refractivity contribution in [1.29, 1.82) is 0 Å². The first-order valence-electron chi connectivity index (χ1n) is 7.07. The van der Waals surface area contributed by atoms with E-state index in [0.29, 0.717) is 0 Å². The van der Waals surface area contributed by atoms with Gasteiger partial charge in [0.15, 0.2) is 0 Å². The molecular weight excluding hydrogens is 210 g/mol. The SMILES string of the molecule is CCCn1cc(C(N)CCC2CCCC2)cn1. The third kappa shape index (κ3) is 3.56. The van der Waals surface area contributed by atoms with E-state index in [1.165, 1.54) is 37.7 Å². The van der Waals surface area contributed by atoms with Crippen molar-refractivity contribution in [3.05, 3.63) is 18.0 Å². The van der Waals surface area contributed by atoms with Crippen LogP contribution in [0.5, 0.6) is 0 Å². The molecule has 1 aromatic heterocycles. The van der Waals surface area contributed by atoms with Crippen LogP contribution in [0.15, 0.2) is 12.4 Å². The van der Waals surface area contributed by atoms with Gasteiger partial charge in [-0.15, -0.1) is 0 Å². The largest absolute Gasteiger partial charge is 0.324 e. The van der Waals surface area contributed by atoms with Crippen molar-refractivity contribution in [2.24, 2.45) is 11.7 Å². The van der Waals surface area contributed by atoms with Crippen LogP contribution in [0.1, 0.15) is 63.5 Å². The van der Waals surface area contributed by atoms with Crippen molar-refractivity contribution in [2.45, 2.75) is 64.5 Å². The molecule has 17 heavy (non-hydrogen) atoms. The summed E-state index contributed by atoms with van der Waals surface area (Å²) in [6.07, 6.45) is 13.3. The maximum Gasteiger partial charge on any atom is 0.0537 e. The lowest BCUT2D eigenvalue weighted by atomic mass is 9.97. The maximum absolute atomic E-state index is 6.23. The Morgan fingerprint density at radius 1 is 1.47 bits per heavy atom. The van der Waals surface area contributed by atoms with Crippen LogP contribution in [0.25, 0.3) is 0 Å². The number of hydrogen-bond acceptors (Lipinski definition) is 2. The summed E-state index contributed by atoms with van der Waals surface area (Å²) in [5.41, 5.74) is 7.43. The first-order valence-corrected chi connectivity index (χ1v) is 7.07. The number of hydrogen-bond donors (Lipinski definition) is 1.